The second-order valence-corrected chi connectivity index (χ2v) is 4.33. The zero-order valence-electron chi connectivity index (χ0n) is 10.4. The van der Waals surface area contributed by atoms with Gasteiger partial charge >= 0.3 is 0 Å². The fourth-order valence-electron chi connectivity index (χ4n) is 1.98. The molecular weight excluding hydrogens is 198 g/mol. The largest absolute Gasteiger partial charge is 0.385 e. The first-order valence-corrected chi connectivity index (χ1v) is 6.18. The Kier molecular flexibility index (Phi) is 4.97. The van der Waals surface area contributed by atoms with Gasteiger partial charge in [0.05, 0.1) is 5.60 Å². The molecule has 0 heterocycles. The smallest absolute Gasteiger partial charge is 0.0891 e. The van der Waals surface area contributed by atoms with Gasteiger partial charge in [0.2, 0.25) is 0 Å². The number of hydrogen-bond donors (Lipinski definition) is 2. The second-order valence-electron chi connectivity index (χ2n) is 4.33. The first-order valence-electron chi connectivity index (χ1n) is 6.18. The Morgan fingerprint density at radius 1 is 1.25 bits per heavy atom. The third kappa shape index (κ3) is 3.06. The molecule has 0 atom stereocenters. The van der Waals surface area contributed by atoms with Gasteiger partial charge in [-0.2, -0.15) is 0 Å². The molecule has 0 bridgehead atoms. The summed E-state index contributed by atoms with van der Waals surface area (Å²) in [4.78, 5) is 0. The van der Waals surface area contributed by atoms with E-state index in [9.17, 15) is 5.11 Å². The molecule has 1 aromatic rings. The number of aliphatic hydroxyl groups is 1. The zero-order chi connectivity index (χ0) is 12.0. The Balaban J connectivity index is 2.88. The van der Waals surface area contributed by atoms with Gasteiger partial charge in [0.1, 0.15) is 0 Å². The highest BCUT2D eigenvalue weighted by Crippen LogP contribution is 2.28. The van der Waals surface area contributed by atoms with E-state index in [0.29, 0.717) is 0 Å². The minimum atomic E-state index is -0.668. The molecule has 0 fully saturated rings. The average molecular weight is 221 g/mol. The van der Waals surface area contributed by atoms with E-state index in [1.54, 1.807) is 0 Å². The molecule has 0 aliphatic heterocycles. The standard InChI is InChI=1S/C14H23NO/c1-3-14(16,4-2)13-9-5-7-12(11-13)8-6-10-15/h5,7,9,11,16H,3-4,6,8,10,15H2,1-2H3. The number of nitrogens with two attached hydrogens (primary N) is 1. The van der Waals surface area contributed by atoms with E-state index in [1.165, 1.54) is 5.56 Å². The molecule has 16 heavy (non-hydrogen) atoms. The lowest BCUT2D eigenvalue weighted by atomic mass is 9.87. The SMILES string of the molecule is CCC(O)(CC)c1cccc(CCCN)c1. The van der Waals surface area contributed by atoms with Crippen molar-refractivity contribution in [3.8, 4) is 0 Å². The van der Waals surface area contributed by atoms with Crippen LogP contribution in [0.2, 0.25) is 0 Å². The molecule has 90 valence electrons. The van der Waals surface area contributed by atoms with Crippen LogP contribution >= 0.6 is 0 Å². The third-order valence-corrected chi connectivity index (χ3v) is 3.30. The highest BCUT2D eigenvalue weighted by atomic mass is 16.3. The van der Waals surface area contributed by atoms with Crippen LogP contribution in [0.4, 0.5) is 0 Å². The van der Waals surface area contributed by atoms with E-state index in [1.807, 2.05) is 26.0 Å². The van der Waals surface area contributed by atoms with Crippen LogP contribution in [-0.2, 0) is 12.0 Å². The van der Waals surface area contributed by atoms with Crippen LogP contribution in [0.5, 0.6) is 0 Å². The molecule has 0 radical (unpaired) electrons. The van der Waals surface area contributed by atoms with E-state index in [-0.39, 0.29) is 0 Å². The normalized spacial score (nSPS) is 11.8. The van der Waals surface area contributed by atoms with Gasteiger partial charge in [-0.25, -0.2) is 0 Å². The van der Waals surface area contributed by atoms with Crippen molar-refractivity contribution in [3.05, 3.63) is 35.4 Å². The van der Waals surface area contributed by atoms with Gasteiger partial charge < -0.3 is 10.8 Å². The molecule has 0 spiro atoms. The van der Waals surface area contributed by atoms with Crippen molar-refractivity contribution >= 4 is 0 Å². The molecule has 0 unspecified atom stereocenters. The van der Waals surface area contributed by atoms with E-state index < -0.39 is 5.60 Å². The number of rotatable bonds is 6. The van der Waals surface area contributed by atoms with Gasteiger partial charge in [-0.1, -0.05) is 38.1 Å². The van der Waals surface area contributed by atoms with Crippen molar-refractivity contribution in [2.45, 2.75) is 45.1 Å². The molecule has 0 saturated carbocycles. The lowest BCUT2D eigenvalue weighted by Gasteiger charge is -2.26. The van der Waals surface area contributed by atoms with E-state index >= 15 is 0 Å². The molecule has 1 aromatic carbocycles. The van der Waals surface area contributed by atoms with Crippen molar-refractivity contribution in [3.63, 3.8) is 0 Å². The minimum absolute atomic E-state index is 0.668. The predicted octanol–water partition coefficient (Wildman–Crippen LogP) is 2.59. The van der Waals surface area contributed by atoms with Crippen LogP contribution in [0.25, 0.3) is 0 Å². The molecule has 2 heteroatoms. The Labute approximate surface area is 98.5 Å². The first kappa shape index (κ1) is 13.2. The molecule has 2 nitrogen and oxygen atoms in total. The Morgan fingerprint density at radius 2 is 1.94 bits per heavy atom. The van der Waals surface area contributed by atoms with Crippen LogP contribution in [-0.4, -0.2) is 11.7 Å². The summed E-state index contributed by atoms with van der Waals surface area (Å²) >= 11 is 0. The fourth-order valence-corrected chi connectivity index (χ4v) is 1.98. The molecule has 0 aliphatic carbocycles. The van der Waals surface area contributed by atoms with E-state index in [0.717, 1.165) is 37.8 Å². The average Bonchev–Trinajstić information content (AvgIpc) is 2.35. The van der Waals surface area contributed by atoms with Gasteiger partial charge in [0.15, 0.2) is 0 Å². The summed E-state index contributed by atoms with van der Waals surface area (Å²) in [6, 6.07) is 8.25. The summed E-state index contributed by atoms with van der Waals surface area (Å²) in [6.45, 7) is 4.77. The summed E-state index contributed by atoms with van der Waals surface area (Å²) in [5, 5.41) is 10.4. The van der Waals surface area contributed by atoms with Crippen molar-refractivity contribution < 1.29 is 5.11 Å². The summed E-state index contributed by atoms with van der Waals surface area (Å²) in [7, 11) is 0. The zero-order valence-corrected chi connectivity index (χ0v) is 10.4. The van der Waals surface area contributed by atoms with Gasteiger partial charge in [-0.3, -0.25) is 0 Å². The van der Waals surface area contributed by atoms with Gasteiger partial charge in [-0.05, 0) is 43.4 Å². The molecular formula is C14H23NO. The van der Waals surface area contributed by atoms with Crippen molar-refractivity contribution in [2.75, 3.05) is 6.54 Å². The first-order chi connectivity index (χ1) is 7.66. The molecule has 0 amide bonds. The summed E-state index contributed by atoms with van der Waals surface area (Å²) in [5.41, 5.74) is 7.14. The van der Waals surface area contributed by atoms with Gasteiger partial charge in [0, 0.05) is 0 Å². The van der Waals surface area contributed by atoms with Crippen LogP contribution < -0.4 is 5.73 Å². The Morgan fingerprint density at radius 3 is 2.50 bits per heavy atom. The molecule has 3 N–H and O–H groups in total. The van der Waals surface area contributed by atoms with Crippen molar-refractivity contribution in [1.82, 2.24) is 0 Å². The maximum atomic E-state index is 10.4. The van der Waals surface area contributed by atoms with Gasteiger partial charge in [-0.15, -0.1) is 0 Å². The molecule has 0 aliphatic rings. The predicted molar refractivity (Wildman–Crippen MR) is 68.3 cm³/mol. The quantitative estimate of drug-likeness (QED) is 0.775. The van der Waals surface area contributed by atoms with Crippen LogP contribution in [0, 0.1) is 0 Å². The van der Waals surface area contributed by atoms with Crippen LogP contribution in [0.1, 0.15) is 44.2 Å². The summed E-state index contributed by atoms with van der Waals surface area (Å²) in [6.07, 6.45) is 3.50. The topological polar surface area (TPSA) is 46.2 Å². The lowest BCUT2D eigenvalue weighted by molar-refractivity contribution is 0.0283. The highest BCUT2D eigenvalue weighted by Gasteiger charge is 2.24. The minimum Gasteiger partial charge on any atom is -0.385 e. The fraction of sp³-hybridized carbons (Fsp3) is 0.571. The molecule has 0 aromatic heterocycles. The third-order valence-electron chi connectivity index (χ3n) is 3.30. The van der Waals surface area contributed by atoms with Gasteiger partial charge in [0.25, 0.3) is 0 Å². The highest BCUT2D eigenvalue weighted by molar-refractivity contribution is 5.28. The Hall–Kier alpha value is -0.860. The van der Waals surface area contributed by atoms with Crippen LogP contribution in [0.15, 0.2) is 24.3 Å². The van der Waals surface area contributed by atoms with Crippen molar-refractivity contribution in [2.24, 2.45) is 5.73 Å². The summed E-state index contributed by atoms with van der Waals surface area (Å²) < 4.78 is 0. The Bertz CT molecular complexity index is 318. The number of benzene rings is 1. The number of aryl methyl sites for hydroxylation is 1. The van der Waals surface area contributed by atoms with E-state index in [4.69, 9.17) is 5.73 Å². The van der Waals surface area contributed by atoms with Crippen LogP contribution in [0.3, 0.4) is 0 Å². The maximum absolute atomic E-state index is 10.4. The molecule has 0 saturated heterocycles. The second kappa shape index (κ2) is 6.02. The maximum Gasteiger partial charge on any atom is 0.0891 e. The molecule has 1 rings (SSSR count). The lowest BCUT2D eigenvalue weighted by Crippen LogP contribution is -2.23. The van der Waals surface area contributed by atoms with Crippen molar-refractivity contribution in [1.29, 1.82) is 0 Å². The van der Waals surface area contributed by atoms with E-state index in [2.05, 4.69) is 12.1 Å². The summed E-state index contributed by atoms with van der Waals surface area (Å²) in [5.74, 6) is 0. The number of hydrogen-bond acceptors (Lipinski definition) is 2. The monoisotopic (exact) mass is 221 g/mol.